The zero-order chi connectivity index (χ0) is 13.1. The van der Waals surface area contributed by atoms with Gasteiger partial charge in [-0.05, 0) is 43.5 Å². The minimum Gasteiger partial charge on any atom is -0.481 e. The first kappa shape index (κ1) is 13.4. The van der Waals surface area contributed by atoms with Crippen LogP contribution in [0.25, 0.3) is 0 Å². The summed E-state index contributed by atoms with van der Waals surface area (Å²) in [6.07, 6.45) is 1.75. The van der Waals surface area contributed by atoms with Crippen LogP contribution in [0.4, 0.5) is 0 Å². The number of hydrogen-bond donors (Lipinski definition) is 1. The number of carboxylic acids is 1. The molecular weight excluding hydrogens is 250 g/mol. The van der Waals surface area contributed by atoms with Crippen molar-refractivity contribution in [3.05, 3.63) is 34.3 Å². The summed E-state index contributed by atoms with van der Waals surface area (Å²) in [5, 5.41) is 9.85. The highest BCUT2D eigenvalue weighted by Crippen LogP contribution is 2.23. The molecule has 3 nitrogen and oxygen atoms in total. The number of hydrogen-bond acceptors (Lipinski definition) is 2. The van der Waals surface area contributed by atoms with E-state index in [9.17, 15) is 4.79 Å². The van der Waals surface area contributed by atoms with Gasteiger partial charge < -0.3 is 5.11 Å². The first-order valence-electron chi connectivity index (χ1n) is 6.27. The maximum absolute atomic E-state index is 11.0. The van der Waals surface area contributed by atoms with Crippen molar-refractivity contribution in [3.8, 4) is 0 Å². The molecule has 0 spiro atoms. The van der Waals surface area contributed by atoms with E-state index in [-0.39, 0.29) is 5.92 Å². The van der Waals surface area contributed by atoms with Crippen LogP contribution in [0.2, 0.25) is 5.02 Å². The van der Waals surface area contributed by atoms with E-state index in [1.54, 1.807) is 0 Å². The number of carboxylic acid groups (broad SMARTS) is 1. The predicted molar refractivity (Wildman–Crippen MR) is 71.8 cm³/mol. The van der Waals surface area contributed by atoms with Crippen molar-refractivity contribution in [2.24, 2.45) is 5.92 Å². The van der Waals surface area contributed by atoms with Crippen LogP contribution in [-0.4, -0.2) is 29.1 Å². The lowest BCUT2D eigenvalue weighted by molar-refractivity contribution is -0.143. The fourth-order valence-corrected chi connectivity index (χ4v) is 2.66. The summed E-state index contributed by atoms with van der Waals surface area (Å²) in [4.78, 5) is 13.2. The van der Waals surface area contributed by atoms with Gasteiger partial charge in [0.2, 0.25) is 0 Å². The van der Waals surface area contributed by atoms with Gasteiger partial charge in [0, 0.05) is 18.1 Å². The molecule has 1 aromatic rings. The zero-order valence-corrected chi connectivity index (χ0v) is 11.3. The summed E-state index contributed by atoms with van der Waals surface area (Å²) in [6.45, 7) is 4.41. The van der Waals surface area contributed by atoms with E-state index in [4.69, 9.17) is 16.7 Å². The summed E-state index contributed by atoms with van der Waals surface area (Å²) >= 11 is 6.10. The lowest BCUT2D eigenvalue weighted by Gasteiger charge is -2.31. The summed E-state index contributed by atoms with van der Waals surface area (Å²) < 4.78 is 0. The number of aliphatic carboxylic acids is 1. The normalized spacial score (nSPS) is 20.9. The quantitative estimate of drug-likeness (QED) is 0.915. The molecule has 1 atom stereocenters. The Balaban J connectivity index is 2.05. The Hall–Kier alpha value is -1.06. The van der Waals surface area contributed by atoms with Crippen LogP contribution in [0.15, 0.2) is 18.2 Å². The van der Waals surface area contributed by atoms with Gasteiger partial charge in [0.05, 0.1) is 5.92 Å². The molecule has 1 saturated heterocycles. The van der Waals surface area contributed by atoms with E-state index >= 15 is 0 Å². The Morgan fingerprint density at radius 1 is 1.56 bits per heavy atom. The molecule has 0 bridgehead atoms. The van der Waals surface area contributed by atoms with Crippen LogP contribution in [0.5, 0.6) is 0 Å². The molecule has 0 aromatic heterocycles. The van der Waals surface area contributed by atoms with Crippen molar-refractivity contribution in [1.82, 2.24) is 4.90 Å². The Bertz CT molecular complexity index is 447. The molecule has 1 fully saturated rings. The summed E-state index contributed by atoms with van der Waals surface area (Å²) in [7, 11) is 0. The van der Waals surface area contributed by atoms with E-state index in [2.05, 4.69) is 11.0 Å². The van der Waals surface area contributed by atoms with Crippen molar-refractivity contribution >= 4 is 17.6 Å². The summed E-state index contributed by atoms with van der Waals surface area (Å²) in [5.74, 6) is -0.902. The third-order valence-electron chi connectivity index (χ3n) is 3.63. The molecule has 4 heteroatoms. The maximum Gasteiger partial charge on any atom is 0.307 e. The zero-order valence-electron chi connectivity index (χ0n) is 10.5. The Labute approximate surface area is 112 Å². The second kappa shape index (κ2) is 5.72. The van der Waals surface area contributed by atoms with Gasteiger partial charge in [0.1, 0.15) is 0 Å². The highest BCUT2D eigenvalue weighted by molar-refractivity contribution is 6.31. The van der Waals surface area contributed by atoms with E-state index in [1.807, 2.05) is 19.1 Å². The molecule has 1 heterocycles. The van der Waals surface area contributed by atoms with Crippen molar-refractivity contribution in [2.75, 3.05) is 13.1 Å². The highest BCUT2D eigenvalue weighted by atomic mass is 35.5. The smallest absolute Gasteiger partial charge is 0.307 e. The van der Waals surface area contributed by atoms with Crippen molar-refractivity contribution in [2.45, 2.75) is 26.3 Å². The Kier molecular flexibility index (Phi) is 4.25. The van der Waals surface area contributed by atoms with Crippen molar-refractivity contribution in [3.63, 3.8) is 0 Å². The van der Waals surface area contributed by atoms with Gasteiger partial charge >= 0.3 is 5.97 Å². The van der Waals surface area contributed by atoms with Gasteiger partial charge in [0.15, 0.2) is 0 Å². The van der Waals surface area contributed by atoms with E-state index in [0.29, 0.717) is 6.54 Å². The van der Waals surface area contributed by atoms with Crippen LogP contribution < -0.4 is 0 Å². The molecule has 0 aliphatic carbocycles. The fourth-order valence-electron chi connectivity index (χ4n) is 2.47. The number of piperidine rings is 1. The van der Waals surface area contributed by atoms with E-state index < -0.39 is 5.97 Å². The first-order valence-corrected chi connectivity index (χ1v) is 6.65. The monoisotopic (exact) mass is 267 g/mol. The number of halogens is 1. The molecule has 0 amide bonds. The average Bonchev–Trinajstić information content (AvgIpc) is 2.35. The molecule has 0 unspecified atom stereocenters. The van der Waals surface area contributed by atoms with Crippen molar-refractivity contribution < 1.29 is 9.90 Å². The molecule has 0 saturated carbocycles. The van der Waals surface area contributed by atoms with Crippen LogP contribution in [0, 0.1) is 12.8 Å². The van der Waals surface area contributed by atoms with Gasteiger partial charge in [-0.3, -0.25) is 9.69 Å². The molecule has 98 valence electrons. The van der Waals surface area contributed by atoms with E-state index in [0.717, 1.165) is 36.5 Å². The Morgan fingerprint density at radius 2 is 2.33 bits per heavy atom. The molecule has 1 aliphatic heterocycles. The Morgan fingerprint density at radius 3 is 3.06 bits per heavy atom. The van der Waals surface area contributed by atoms with Gasteiger partial charge in [-0.25, -0.2) is 0 Å². The predicted octanol–water partition coefficient (Wildman–Crippen LogP) is 2.95. The molecule has 1 aromatic carbocycles. The molecule has 1 N–H and O–H groups in total. The number of likely N-dealkylation sites (tertiary alicyclic amines) is 1. The van der Waals surface area contributed by atoms with Gasteiger partial charge in [-0.15, -0.1) is 0 Å². The highest BCUT2D eigenvalue weighted by Gasteiger charge is 2.25. The first-order chi connectivity index (χ1) is 8.58. The lowest BCUT2D eigenvalue weighted by Crippen LogP contribution is -2.38. The van der Waals surface area contributed by atoms with Crippen LogP contribution >= 0.6 is 11.6 Å². The standard InChI is InChI=1S/C14H18ClNO2/c1-10-11(4-2-6-13(10)15)8-16-7-3-5-12(9-16)14(17)18/h2,4,6,12H,3,5,7-9H2,1H3,(H,17,18)/t12-/m0/s1. The fraction of sp³-hybridized carbons (Fsp3) is 0.500. The van der Waals surface area contributed by atoms with E-state index in [1.165, 1.54) is 5.56 Å². The second-order valence-corrected chi connectivity index (χ2v) is 5.34. The summed E-state index contributed by atoms with van der Waals surface area (Å²) in [6, 6.07) is 5.89. The van der Waals surface area contributed by atoms with Crippen LogP contribution in [0.1, 0.15) is 24.0 Å². The minimum absolute atomic E-state index is 0.224. The molecule has 2 rings (SSSR count). The van der Waals surface area contributed by atoms with Gasteiger partial charge in [-0.2, -0.15) is 0 Å². The SMILES string of the molecule is Cc1c(Cl)cccc1CN1CCC[C@H](C(=O)O)C1. The van der Waals surface area contributed by atoms with Crippen LogP contribution in [-0.2, 0) is 11.3 Å². The minimum atomic E-state index is -0.678. The molecule has 0 radical (unpaired) electrons. The van der Waals surface area contributed by atoms with Crippen molar-refractivity contribution in [1.29, 1.82) is 0 Å². The number of carbonyl (C=O) groups is 1. The number of rotatable bonds is 3. The van der Waals surface area contributed by atoms with Gasteiger partial charge in [0.25, 0.3) is 0 Å². The molecule has 1 aliphatic rings. The average molecular weight is 268 g/mol. The van der Waals surface area contributed by atoms with Crippen LogP contribution in [0.3, 0.4) is 0 Å². The lowest BCUT2D eigenvalue weighted by atomic mass is 9.97. The second-order valence-electron chi connectivity index (χ2n) is 4.94. The summed E-state index contributed by atoms with van der Waals surface area (Å²) in [5.41, 5.74) is 2.28. The maximum atomic E-state index is 11.0. The number of nitrogens with zero attached hydrogens (tertiary/aromatic N) is 1. The third-order valence-corrected chi connectivity index (χ3v) is 4.04. The van der Waals surface area contributed by atoms with Gasteiger partial charge in [-0.1, -0.05) is 23.7 Å². The topological polar surface area (TPSA) is 40.5 Å². The number of benzene rings is 1. The molecule has 18 heavy (non-hydrogen) atoms. The molecular formula is C14H18ClNO2. The largest absolute Gasteiger partial charge is 0.481 e. The third kappa shape index (κ3) is 3.03.